The second-order valence-electron chi connectivity index (χ2n) is 4.67. The molecular weight excluding hydrogens is 312 g/mol. The van der Waals surface area contributed by atoms with Crippen molar-refractivity contribution >= 4 is 17.6 Å². The van der Waals surface area contributed by atoms with Crippen LogP contribution >= 0.6 is 11.6 Å². The molecule has 23 heavy (non-hydrogen) atoms. The fourth-order valence-corrected chi connectivity index (χ4v) is 2.06. The number of allylic oxidation sites excluding steroid dienone is 1. The minimum atomic E-state index is -0.916. The van der Waals surface area contributed by atoms with Crippen molar-refractivity contribution in [2.24, 2.45) is 0 Å². The first-order chi connectivity index (χ1) is 11.1. The standard InChI is InChI=1S/C19H15ClO3/c20-18-14-17(11-10-16(18)13-19(21)22)23-12-6-2-5-9-15-7-3-1-4-8-15/h1-4,6-8,10-11,14H,12-13H2,(H,21,22). The number of aliphatic carboxylic acids is 1. The molecule has 0 atom stereocenters. The summed E-state index contributed by atoms with van der Waals surface area (Å²) in [7, 11) is 0. The topological polar surface area (TPSA) is 46.5 Å². The lowest BCUT2D eigenvalue weighted by Gasteiger charge is -2.06. The highest BCUT2D eigenvalue weighted by Gasteiger charge is 2.06. The monoisotopic (exact) mass is 326 g/mol. The first-order valence-electron chi connectivity index (χ1n) is 7.00. The van der Waals surface area contributed by atoms with E-state index in [1.807, 2.05) is 30.3 Å². The summed E-state index contributed by atoms with van der Waals surface area (Å²) in [6, 6.07) is 14.7. The van der Waals surface area contributed by atoms with Gasteiger partial charge in [0, 0.05) is 10.6 Å². The number of carboxylic acids is 1. The summed E-state index contributed by atoms with van der Waals surface area (Å²) in [5.41, 5.74) is 1.52. The Morgan fingerprint density at radius 3 is 2.70 bits per heavy atom. The third-order valence-electron chi connectivity index (χ3n) is 2.90. The lowest BCUT2D eigenvalue weighted by molar-refractivity contribution is -0.136. The van der Waals surface area contributed by atoms with Gasteiger partial charge in [-0.05, 0) is 42.0 Å². The summed E-state index contributed by atoms with van der Waals surface area (Å²) in [4.78, 5) is 10.7. The van der Waals surface area contributed by atoms with E-state index in [9.17, 15) is 4.79 Å². The lowest BCUT2D eigenvalue weighted by Crippen LogP contribution is -2.01. The van der Waals surface area contributed by atoms with E-state index in [2.05, 4.69) is 11.8 Å². The molecule has 2 rings (SSSR count). The molecule has 0 aliphatic rings. The van der Waals surface area contributed by atoms with E-state index >= 15 is 0 Å². The van der Waals surface area contributed by atoms with Crippen LogP contribution in [-0.4, -0.2) is 17.7 Å². The molecule has 2 aromatic carbocycles. The fourth-order valence-electron chi connectivity index (χ4n) is 1.82. The Balaban J connectivity index is 1.84. The van der Waals surface area contributed by atoms with Gasteiger partial charge in [-0.25, -0.2) is 0 Å². The molecule has 0 bridgehead atoms. The summed E-state index contributed by atoms with van der Waals surface area (Å²) >= 11 is 6.02. The van der Waals surface area contributed by atoms with E-state index in [1.54, 1.807) is 30.4 Å². The molecule has 4 heteroatoms. The smallest absolute Gasteiger partial charge is 0.307 e. The lowest BCUT2D eigenvalue weighted by atomic mass is 10.1. The highest BCUT2D eigenvalue weighted by Crippen LogP contribution is 2.23. The quantitative estimate of drug-likeness (QED) is 0.846. The molecule has 0 spiro atoms. The highest BCUT2D eigenvalue weighted by molar-refractivity contribution is 6.31. The molecule has 0 saturated carbocycles. The van der Waals surface area contributed by atoms with E-state index < -0.39 is 5.97 Å². The van der Waals surface area contributed by atoms with Crippen LogP contribution in [0.5, 0.6) is 5.75 Å². The highest BCUT2D eigenvalue weighted by atomic mass is 35.5. The van der Waals surface area contributed by atoms with Gasteiger partial charge in [-0.1, -0.05) is 47.7 Å². The van der Waals surface area contributed by atoms with Crippen LogP contribution in [0.3, 0.4) is 0 Å². The van der Waals surface area contributed by atoms with Gasteiger partial charge in [0.25, 0.3) is 0 Å². The predicted molar refractivity (Wildman–Crippen MR) is 90.7 cm³/mol. The second-order valence-corrected chi connectivity index (χ2v) is 5.08. The Morgan fingerprint density at radius 2 is 2.00 bits per heavy atom. The summed E-state index contributed by atoms with van der Waals surface area (Å²) in [5.74, 6) is 5.61. The van der Waals surface area contributed by atoms with Gasteiger partial charge in [0.05, 0.1) is 6.42 Å². The Bertz CT molecular complexity index is 755. The van der Waals surface area contributed by atoms with Crippen molar-refractivity contribution < 1.29 is 14.6 Å². The number of hydrogen-bond donors (Lipinski definition) is 1. The number of carbonyl (C=O) groups is 1. The molecule has 1 N–H and O–H groups in total. The molecule has 3 nitrogen and oxygen atoms in total. The molecule has 0 amide bonds. The Hall–Kier alpha value is -2.70. The second kappa shape index (κ2) is 8.67. The minimum Gasteiger partial charge on any atom is -0.489 e. The van der Waals surface area contributed by atoms with Crippen molar-refractivity contribution in [1.82, 2.24) is 0 Å². The molecule has 0 heterocycles. The Morgan fingerprint density at radius 1 is 1.22 bits per heavy atom. The first kappa shape index (κ1) is 16.7. The molecule has 0 aliphatic heterocycles. The van der Waals surface area contributed by atoms with E-state index in [4.69, 9.17) is 21.4 Å². The first-order valence-corrected chi connectivity index (χ1v) is 7.37. The average molecular weight is 327 g/mol. The maximum Gasteiger partial charge on any atom is 0.307 e. The number of hydrogen-bond acceptors (Lipinski definition) is 2. The van der Waals surface area contributed by atoms with Gasteiger partial charge in [-0.3, -0.25) is 4.79 Å². The Kier molecular flexibility index (Phi) is 6.28. The number of benzene rings is 2. The van der Waals surface area contributed by atoms with Gasteiger partial charge in [-0.15, -0.1) is 0 Å². The maximum absolute atomic E-state index is 10.7. The van der Waals surface area contributed by atoms with Gasteiger partial charge in [-0.2, -0.15) is 0 Å². The zero-order valence-corrected chi connectivity index (χ0v) is 13.1. The molecule has 0 aromatic heterocycles. The largest absolute Gasteiger partial charge is 0.489 e. The number of carboxylic acid groups (broad SMARTS) is 1. The summed E-state index contributed by atoms with van der Waals surface area (Å²) < 4.78 is 5.51. The van der Waals surface area contributed by atoms with Gasteiger partial charge in [0.15, 0.2) is 0 Å². The van der Waals surface area contributed by atoms with Crippen LogP contribution in [0.25, 0.3) is 0 Å². The van der Waals surface area contributed by atoms with Crippen molar-refractivity contribution in [2.45, 2.75) is 6.42 Å². The normalized spacial score (nSPS) is 10.1. The number of halogens is 1. The predicted octanol–water partition coefficient (Wildman–Crippen LogP) is 3.95. The molecule has 0 fully saturated rings. The molecule has 0 saturated heterocycles. The molecule has 0 radical (unpaired) electrons. The fraction of sp³-hybridized carbons (Fsp3) is 0.105. The van der Waals surface area contributed by atoms with Crippen LogP contribution in [-0.2, 0) is 11.2 Å². The molecule has 0 unspecified atom stereocenters. The van der Waals surface area contributed by atoms with Crippen molar-refractivity contribution in [3.05, 3.63) is 76.8 Å². The van der Waals surface area contributed by atoms with E-state index in [-0.39, 0.29) is 6.42 Å². The van der Waals surface area contributed by atoms with Crippen LogP contribution < -0.4 is 4.74 Å². The minimum absolute atomic E-state index is 0.103. The van der Waals surface area contributed by atoms with Crippen molar-refractivity contribution in [3.8, 4) is 17.6 Å². The third kappa shape index (κ3) is 5.90. The summed E-state index contributed by atoms with van der Waals surface area (Å²) in [5, 5.41) is 9.14. The summed E-state index contributed by atoms with van der Waals surface area (Å²) in [6.07, 6.45) is 3.43. The van der Waals surface area contributed by atoms with E-state index in [1.165, 1.54) is 0 Å². The van der Waals surface area contributed by atoms with Gasteiger partial charge < -0.3 is 9.84 Å². The number of rotatable bonds is 5. The summed E-state index contributed by atoms with van der Waals surface area (Å²) in [6.45, 7) is 0.359. The van der Waals surface area contributed by atoms with Crippen LogP contribution in [0.4, 0.5) is 0 Å². The SMILES string of the molecule is O=C(O)Cc1ccc(OCC=CC#Cc2ccccc2)cc1Cl. The van der Waals surface area contributed by atoms with Crippen LogP contribution in [0.1, 0.15) is 11.1 Å². The van der Waals surface area contributed by atoms with Crippen LogP contribution in [0.15, 0.2) is 60.7 Å². The van der Waals surface area contributed by atoms with Crippen LogP contribution in [0, 0.1) is 11.8 Å². The third-order valence-corrected chi connectivity index (χ3v) is 3.26. The average Bonchev–Trinajstić information content (AvgIpc) is 2.54. The maximum atomic E-state index is 10.7. The van der Waals surface area contributed by atoms with Gasteiger partial charge >= 0.3 is 5.97 Å². The van der Waals surface area contributed by atoms with Crippen LogP contribution in [0.2, 0.25) is 5.02 Å². The molecular formula is C19H15ClO3. The Labute approximate surface area is 140 Å². The molecule has 116 valence electrons. The zero-order chi connectivity index (χ0) is 16.5. The number of ether oxygens (including phenoxy) is 1. The van der Waals surface area contributed by atoms with Gasteiger partial charge in [0.1, 0.15) is 12.4 Å². The zero-order valence-electron chi connectivity index (χ0n) is 12.3. The van der Waals surface area contributed by atoms with E-state index in [0.717, 1.165) is 5.56 Å². The van der Waals surface area contributed by atoms with Crippen molar-refractivity contribution in [3.63, 3.8) is 0 Å². The van der Waals surface area contributed by atoms with Crippen molar-refractivity contribution in [2.75, 3.05) is 6.61 Å². The van der Waals surface area contributed by atoms with Crippen molar-refractivity contribution in [1.29, 1.82) is 0 Å². The molecule has 2 aromatic rings. The van der Waals surface area contributed by atoms with E-state index in [0.29, 0.717) is 22.9 Å². The molecule has 0 aliphatic carbocycles. The van der Waals surface area contributed by atoms with Gasteiger partial charge in [0.2, 0.25) is 0 Å².